The summed E-state index contributed by atoms with van der Waals surface area (Å²) >= 11 is 12.3. The number of aromatic amines is 1. The van der Waals surface area contributed by atoms with Gasteiger partial charge in [0.1, 0.15) is 0 Å². The average molecular weight is 490 g/mol. The number of fused-ring (bicyclic) bond motifs is 3. The van der Waals surface area contributed by atoms with Crippen LogP contribution in [-0.2, 0) is 27.3 Å². The van der Waals surface area contributed by atoms with E-state index in [0.717, 1.165) is 16.5 Å². The van der Waals surface area contributed by atoms with Gasteiger partial charge in [-0.2, -0.15) is 0 Å². The highest BCUT2D eigenvalue weighted by Crippen LogP contribution is 2.36. The van der Waals surface area contributed by atoms with Crippen LogP contribution in [0.15, 0.2) is 36.4 Å². The number of benzene rings is 2. The first-order valence-electron chi connectivity index (χ1n) is 10.1. The molecule has 1 atom stereocenters. The van der Waals surface area contributed by atoms with E-state index < -0.39 is 12.3 Å². The van der Waals surface area contributed by atoms with Crippen LogP contribution in [0.4, 0.5) is 10.5 Å². The Balaban J connectivity index is 1.51. The molecule has 3 amide bonds. The van der Waals surface area contributed by atoms with E-state index in [0.29, 0.717) is 46.4 Å². The highest BCUT2D eigenvalue weighted by molar-refractivity contribution is 6.33. The first kappa shape index (κ1) is 22.9. The van der Waals surface area contributed by atoms with E-state index in [-0.39, 0.29) is 19.0 Å². The lowest BCUT2D eigenvalue weighted by Gasteiger charge is -2.34. The molecule has 11 heteroatoms. The summed E-state index contributed by atoms with van der Waals surface area (Å²) in [7, 11) is 0. The number of hydrogen-bond donors (Lipinski definition) is 4. The molecular weight excluding hydrogens is 469 g/mol. The molecule has 1 aliphatic heterocycles. The van der Waals surface area contributed by atoms with Gasteiger partial charge in [0.2, 0.25) is 12.1 Å². The minimum atomic E-state index is -0.901. The second kappa shape index (κ2) is 9.70. The number of nitrogens with two attached hydrogens (primary N) is 1. The van der Waals surface area contributed by atoms with Crippen molar-refractivity contribution in [3.05, 3.63) is 63.3 Å². The third-order valence-electron chi connectivity index (χ3n) is 5.41. The zero-order valence-corrected chi connectivity index (χ0v) is 18.9. The van der Waals surface area contributed by atoms with Crippen LogP contribution in [0.2, 0.25) is 10.0 Å². The van der Waals surface area contributed by atoms with Crippen LogP contribution in [0, 0.1) is 0 Å². The zero-order chi connectivity index (χ0) is 23.5. The fourth-order valence-corrected chi connectivity index (χ4v) is 4.22. The summed E-state index contributed by atoms with van der Waals surface area (Å²) < 4.78 is 5.29. The molecule has 2 aromatic carbocycles. The number of nitrogens with one attached hydrogen (secondary N) is 3. The van der Waals surface area contributed by atoms with Gasteiger partial charge in [0.15, 0.2) is 0 Å². The maximum Gasteiger partial charge on any atom is 0.320 e. The van der Waals surface area contributed by atoms with E-state index in [2.05, 4.69) is 15.6 Å². The normalized spacial score (nSPS) is 15.1. The Kier molecular flexibility index (Phi) is 6.73. The van der Waals surface area contributed by atoms with E-state index in [4.69, 9.17) is 33.7 Å². The number of rotatable bonds is 6. The van der Waals surface area contributed by atoms with Gasteiger partial charge in [0, 0.05) is 29.0 Å². The smallest absolute Gasteiger partial charge is 0.320 e. The number of H-pyrrole nitrogens is 1. The Labute approximate surface area is 199 Å². The minimum absolute atomic E-state index is 0.168. The van der Waals surface area contributed by atoms with Gasteiger partial charge in [-0.05, 0) is 47.9 Å². The molecule has 0 radical (unpaired) electrons. The van der Waals surface area contributed by atoms with Gasteiger partial charge >= 0.3 is 6.03 Å². The molecule has 0 bridgehead atoms. The summed E-state index contributed by atoms with van der Waals surface area (Å²) in [5.41, 5.74) is 8.89. The van der Waals surface area contributed by atoms with Gasteiger partial charge in [-0.3, -0.25) is 14.5 Å². The molecule has 5 N–H and O–H groups in total. The predicted molar refractivity (Wildman–Crippen MR) is 125 cm³/mol. The molecule has 0 aliphatic carbocycles. The van der Waals surface area contributed by atoms with E-state index in [1.54, 1.807) is 24.3 Å². The van der Waals surface area contributed by atoms with Gasteiger partial charge in [0.25, 0.3) is 6.47 Å². The third kappa shape index (κ3) is 4.75. The largest absolute Gasteiger partial charge is 0.438 e. The molecule has 2 heterocycles. The number of ether oxygens (including phenoxy) is 1. The maximum atomic E-state index is 13.0. The van der Waals surface area contributed by atoms with E-state index in [9.17, 15) is 14.4 Å². The van der Waals surface area contributed by atoms with Crippen LogP contribution in [0.5, 0.6) is 0 Å². The van der Waals surface area contributed by atoms with Crippen molar-refractivity contribution in [2.45, 2.75) is 19.2 Å². The molecule has 0 saturated carbocycles. The summed E-state index contributed by atoms with van der Waals surface area (Å²) in [4.78, 5) is 40.5. The standard InChI is InChI=1S/C22H21Cl2N5O4/c23-13-2-4-17-15(8-13)14-5-6-29(21(33-11-30)20(14)28-17)22(32)26-10-12-1-3-16(24)18(7-12)27-19(31)9-25/h1-4,7-8,11,21,28H,5-6,9-10,25H2,(H,26,32)(H,27,31). The Hall–Kier alpha value is -3.27. The van der Waals surface area contributed by atoms with Crippen molar-refractivity contribution in [1.82, 2.24) is 15.2 Å². The molecule has 1 unspecified atom stereocenters. The summed E-state index contributed by atoms with van der Waals surface area (Å²) in [6, 6.07) is 10.1. The average Bonchev–Trinajstić information content (AvgIpc) is 3.17. The zero-order valence-electron chi connectivity index (χ0n) is 17.4. The molecule has 3 aromatic rings. The molecular formula is C22H21Cl2N5O4. The van der Waals surface area contributed by atoms with Gasteiger partial charge in [-0.15, -0.1) is 0 Å². The topological polar surface area (TPSA) is 130 Å². The summed E-state index contributed by atoms with van der Waals surface area (Å²) in [6.07, 6.45) is -0.333. The van der Waals surface area contributed by atoms with Gasteiger partial charge in [0.05, 0.1) is 22.9 Å². The second-order valence-corrected chi connectivity index (χ2v) is 8.30. The predicted octanol–water partition coefficient (Wildman–Crippen LogP) is 3.31. The minimum Gasteiger partial charge on any atom is -0.438 e. The van der Waals surface area contributed by atoms with E-state index in [1.165, 1.54) is 4.90 Å². The van der Waals surface area contributed by atoms with Gasteiger partial charge < -0.3 is 26.1 Å². The molecule has 0 saturated heterocycles. The molecule has 0 spiro atoms. The van der Waals surface area contributed by atoms with Crippen LogP contribution in [-0.4, -0.2) is 41.4 Å². The highest BCUT2D eigenvalue weighted by atomic mass is 35.5. The molecule has 33 heavy (non-hydrogen) atoms. The summed E-state index contributed by atoms with van der Waals surface area (Å²) in [5.74, 6) is -0.379. The van der Waals surface area contributed by atoms with Crippen LogP contribution in [0.25, 0.3) is 10.9 Å². The molecule has 172 valence electrons. The Morgan fingerprint density at radius 2 is 2.06 bits per heavy atom. The number of nitrogens with zero attached hydrogens (tertiary/aromatic N) is 1. The van der Waals surface area contributed by atoms with Gasteiger partial charge in [-0.25, -0.2) is 4.79 Å². The lowest BCUT2D eigenvalue weighted by Crippen LogP contribution is -2.46. The number of anilines is 1. The Morgan fingerprint density at radius 3 is 2.82 bits per heavy atom. The number of aromatic nitrogens is 1. The van der Waals surface area contributed by atoms with E-state index in [1.807, 2.05) is 12.1 Å². The monoisotopic (exact) mass is 489 g/mol. The Bertz CT molecular complexity index is 1230. The molecule has 1 aliphatic rings. The fraction of sp³-hybridized carbons (Fsp3) is 0.227. The van der Waals surface area contributed by atoms with Crippen molar-refractivity contribution in [2.75, 3.05) is 18.4 Å². The van der Waals surface area contributed by atoms with Gasteiger partial charge in [-0.1, -0.05) is 29.3 Å². The lowest BCUT2D eigenvalue weighted by atomic mass is 10.0. The van der Waals surface area contributed by atoms with E-state index >= 15 is 0 Å². The maximum absolute atomic E-state index is 13.0. The van der Waals surface area contributed by atoms with Crippen LogP contribution < -0.4 is 16.4 Å². The van der Waals surface area contributed by atoms with Crippen molar-refractivity contribution in [1.29, 1.82) is 0 Å². The molecule has 0 fully saturated rings. The second-order valence-electron chi connectivity index (χ2n) is 7.46. The SMILES string of the molecule is NCC(=O)Nc1cc(CNC(=O)N2CCc3c([nH]c4ccc(Cl)cc34)C2OC=O)ccc1Cl. The van der Waals surface area contributed by atoms with Crippen LogP contribution in [0.3, 0.4) is 0 Å². The molecule has 4 rings (SSSR count). The van der Waals surface area contributed by atoms with Crippen LogP contribution >= 0.6 is 23.2 Å². The van der Waals surface area contributed by atoms with Crippen molar-refractivity contribution < 1.29 is 19.1 Å². The molecule has 1 aromatic heterocycles. The number of halogens is 2. The van der Waals surface area contributed by atoms with Crippen molar-refractivity contribution in [2.24, 2.45) is 5.73 Å². The number of carbonyl (C=O) groups excluding carboxylic acids is 3. The fourth-order valence-electron chi connectivity index (χ4n) is 3.89. The Morgan fingerprint density at radius 1 is 1.24 bits per heavy atom. The third-order valence-corrected chi connectivity index (χ3v) is 5.98. The van der Waals surface area contributed by atoms with Crippen molar-refractivity contribution >= 4 is 58.2 Å². The quantitative estimate of drug-likeness (QED) is 0.394. The first-order valence-corrected chi connectivity index (χ1v) is 10.9. The molecule has 9 nitrogen and oxygen atoms in total. The first-order chi connectivity index (χ1) is 15.9. The number of hydrogen-bond acceptors (Lipinski definition) is 5. The van der Waals surface area contributed by atoms with Crippen LogP contribution in [0.1, 0.15) is 23.0 Å². The van der Waals surface area contributed by atoms with Crippen molar-refractivity contribution in [3.8, 4) is 0 Å². The van der Waals surface area contributed by atoms with Crippen molar-refractivity contribution in [3.63, 3.8) is 0 Å². The highest BCUT2D eigenvalue weighted by Gasteiger charge is 2.34. The number of amides is 3. The number of carbonyl (C=O) groups is 3. The summed E-state index contributed by atoms with van der Waals surface area (Å²) in [5, 5.41) is 7.32. The lowest BCUT2D eigenvalue weighted by molar-refractivity contribution is -0.142. The number of urea groups is 1. The summed E-state index contributed by atoms with van der Waals surface area (Å²) in [6.45, 7) is 0.659.